The molecule has 0 saturated heterocycles. The van der Waals surface area contributed by atoms with Crippen molar-refractivity contribution >= 4 is 32.3 Å². The van der Waals surface area contributed by atoms with Gasteiger partial charge in [-0.1, -0.05) is 84.9 Å². The number of aryl methyl sites for hydroxylation is 2. The van der Waals surface area contributed by atoms with E-state index < -0.39 is 11.6 Å². The smallest absolute Gasteiger partial charge is 0.394 e. The van der Waals surface area contributed by atoms with E-state index in [1.54, 1.807) is 0 Å². The summed E-state index contributed by atoms with van der Waals surface area (Å²) in [5.41, 5.74) is 4.80. The van der Waals surface area contributed by atoms with Gasteiger partial charge in [-0.2, -0.15) is 13.2 Å². The number of hydrogen-bond donors (Lipinski definition) is 0. The summed E-state index contributed by atoms with van der Waals surface area (Å²) < 4.78 is 50.3. The maximum absolute atomic E-state index is 13.7. The molecule has 0 saturated carbocycles. The lowest BCUT2D eigenvalue weighted by atomic mass is 9.81. The van der Waals surface area contributed by atoms with Crippen LogP contribution in [-0.4, -0.2) is 6.18 Å². The number of halogens is 3. The van der Waals surface area contributed by atoms with Gasteiger partial charge in [-0.05, 0) is 75.4 Å². The summed E-state index contributed by atoms with van der Waals surface area (Å²) in [6.45, 7) is 15.9. The molecule has 5 heteroatoms. The van der Waals surface area contributed by atoms with Crippen molar-refractivity contribution < 1.29 is 22.5 Å². The molecule has 0 amide bonds. The summed E-state index contributed by atoms with van der Waals surface area (Å²) in [7, 11) is 2.08. The molecule has 6 rings (SSSR count). The maximum atomic E-state index is 13.7. The van der Waals surface area contributed by atoms with Crippen LogP contribution in [-0.2, 0) is 19.9 Å². The normalized spacial score (nSPS) is 13.7. The molecular weight excluding hydrogens is 543 g/mol. The Bertz CT molecular complexity index is 1940. The minimum absolute atomic E-state index is 0.0219. The molecule has 2 heterocycles. The third kappa shape index (κ3) is 4.85. The number of nitrogens with zero attached hydrogens (tertiary/aromatic N) is 1. The van der Waals surface area contributed by atoms with Crippen molar-refractivity contribution in [2.45, 2.75) is 80.3 Å². The Balaban J connectivity index is 1.66. The molecule has 5 aromatic rings. The number of benzene rings is 4. The molecule has 1 aromatic heterocycles. The summed E-state index contributed by atoms with van der Waals surface area (Å²) in [6.07, 6.45) is -1.44. The SMILES string of the molecule is Cc1c2c(c(CC(C)(C)C)c3ccc(C(C)C)cc13)Oc1cc3cc(CC(C)(C)C(F)(F)F)ccc3c3cc[n+](C)c-2c13. The molecule has 1 aliphatic rings. The van der Waals surface area contributed by atoms with Crippen LogP contribution in [0, 0.1) is 17.8 Å². The van der Waals surface area contributed by atoms with Gasteiger partial charge in [-0.3, -0.25) is 0 Å². The molecule has 0 bridgehead atoms. The van der Waals surface area contributed by atoms with Crippen LogP contribution < -0.4 is 9.30 Å². The highest BCUT2D eigenvalue weighted by molar-refractivity contribution is 6.16. The predicted octanol–water partition coefficient (Wildman–Crippen LogP) is 10.9. The number of fused-ring (bicyclic) bond motifs is 5. The quantitative estimate of drug-likeness (QED) is 0.148. The summed E-state index contributed by atoms with van der Waals surface area (Å²) >= 11 is 0. The Morgan fingerprint density at radius 2 is 1.51 bits per heavy atom. The number of pyridine rings is 1. The molecule has 0 atom stereocenters. The van der Waals surface area contributed by atoms with Gasteiger partial charge in [-0.25, -0.2) is 4.57 Å². The molecule has 0 aliphatic carbocycles. The molecule has 2 nitrogen and oxygen atoms in total. The molecule has 0 spiro atoms. The van der Waals surface area contributed by atoms with Crippen LogP contribution in [0.2, 0.25) is 0 Å². The van der Waals surface area contributed by atoms with Crippen LogP contribution in [0.25, 0.3) is 43.6 Å². The van der Waals surface area contributed by atoms with E-state index in [0.717, 1.165) is 50.7 Å². The van der Waals surface area contributed by atoms with E-state index >= 15 is 0 Å². The zero-order chi connectivity index (χ0) is 31.2. The Morgan fingerprint density at radius 3 is 2.16 bits per heavy atom. The van der Waals surface area contributed by atoms with E-state index in [1.165, 1.54) is 41.3 Å². The second kappa shape index (κ2) is 9.70. The van der Waals surface area contributed by atoms with E-state index in [1.807, 2.05) is 24.3 Å². The van der Waals surface area contributed by atoms with Crippen molar-refractivity contribution in [1.82, 2.24) is 0 Å². The molecule has 0 unspecified atom stereocenters. The fraction of sp³-hybridized carbons (Fsp3) is 0.395. The van der Waals surface area contributed by atoms with Gasteiger partial charge in [0.15, 0.2) is 6.20 Å². The summed E-state index contributed by atoms with van der Waals surface area (Å²) in [6, 6.07) is 16.7. The molecule has 224 valence electrons. The molecule has 43 heavy (non-hydrogen) atoms. The largest absolute Gasteiger partial charge is 0.455 e. The van der Waals surface area contributed by atoms with E-state index in [4.69, 9.17) is 4.74 Å². The third-order valence-electron chi connectivity index (χ3n) is 9.15. The number of ether oxygens (including phenoxy) is 1. The Morgan fingerprint density at radius 1 is 0.814 bits per heavy atom. The lowest BCUT2D eigenvalue weighted by Crippen LogP contribution is -2.34. The van der Waals surface area contributed by atoms with Gasteiger partial charge in [0, 0.05) is 17.0 Å². The lowest BCUT2D eigenvalue weighted by molar-refractivity contribution is -0.659. The summed E-state index contributed by atoms with van der Waals surface area (Å²) in [5.74, 6) is 2.06. The number of alkyl halides is 3. The molecular formula is C38H41F3NO+. The minimum Gasteiger partial charge on any atom is -0.455 e. The van der Waals surface area contributed by atoms with Gasteiger partial charge in [0.25, 0.3) is 0 Å². The fourth-order valence-electron chi connectivity index (χ4n) is 6.70. The van der Waals surface area contributed by atoms with Crippen LogP contribution in [0.3, 0.4) is 0 Å². The van der Waals surface area contributed by atoms with E-state index in [2.05, 4.69) is 83.6 Å². The highest BCUT2D eigenvalue weighted by Gasteiger charge is 2.47. The van der Waals surface area contributed by atoms with Crippen molar-refractivity contribution in [1.29, 1.82) is 0 Å². The van der Waals surface area contributed by atoms with Gasteiger partial charge in [0.2, 0.25) is 5.69 Å². The van der Waals surface area contributed by atoms with Crippen molar-refractivity contribution in [2.75, 3.05) is 0 Å². The number of aromatic nitrogens is 1. The van der Waals surface area contributed by atoms with Crippen LogP contribution in [0.4, 0.5) is 13.2 Å². The molecule has 0 radical (unpaired) electrons. The summed E-state index contributed by atoms with van der Waals surface area (Å²) in [4.78, 5) is 0. The lowest BCUT2D eigenvalue weighted by Gasteiger charge is -2.29. The first-order valence-corrected chi connectivity index (χ1v) is 15.2. The Kier molecular flexibility index (Phi) is 6.65. The first kappa shape index (κ1) is 29.5. The molecule has 4 aromatic carbocycles. The van der Waals surface area contributed by atoms with Crippen molar-refractivity contribution in [2.24, 2.45) is 17.9 Å². The molecule has 0 N–H and O–H groups in total. The first-order valence-electron chi connectivity index (χ1n) is 15.2. The van der Waals surface area contributed by atoms with Gasteiger partial charge < -0.3 is 4.74 Å². The average molecular weight is 585 g/mol. The van der Waals surface area contributed by atoms with Gasteiger partial charge >= 0.3 is 6.18 Å². The van der Waals surface area contributed by atoms with E-state index in [-0.39, 0.29) is 11.8 Å². The second-order valence-electron chi connectivity index (χ2n) is 14.7. The zero-order valence-corrected chi connectivity index (χ0v) is 26.7. The first-order chi connectivity index (χ1) is 20.0. The second-order valence-corrected chi connectivity index (χ2v) is 14.7. The van der Waals surface area contributed by atoms with Crippen LogP contribution in [0.15, 0.2) is 54.7 Å². The maximum Gasteiger partial charge on any atom is 0.394 e. The highest BCUT2D eigenvalue weighted by Crippen LogP contribution is 2.53. The van der Waals surface area contributed by atoms with Crippen LogP contribution in [0.1, 0.15) is 76.6 Å². The monoisotopic (exact) mass is 584 g/mol. The van der Waals surface area contributed by atoms with Crippen LogP contribution in [0.5, 0.6) is 11.5 Å². The van der Waals surface area contributed by atoms with Crippen molar-refractivity contribution in [3.63, 3.8) is 0 Å². The zero-order valence-electron chi connectivity index (χ0n) is 26.7. The van der Waals surface area contributed by atoms with Crippen molar-refractivity contribution in [3.05, 3.63) is 77.0 Å². The van der Waals surface area contributed by atoms with Gasteiger partial charge in [0.1, 0.15) is 18.5 Å². The van der Waals surface area contributed by atoms with Gasteiger partial charge in [-0.15, -0.1) is 0 Å². The minimum atomic E-state index is -4.28. The topological polar surface area (TPSA) is 13.1 Å². The Labute approximate surface area is 252 Å². The van der Waals surface area contributed by atoms with Crippen LogP contribution >= 0.6 is 0 Å². The third-order valence-corrected chi connectivity index (χ3v) is 9.15. The molecule has 0 fully saturated rings. The van der Waals surface area contributed by atoms with E-state index in [9.17, 15) is 13.2 Å². The summed E-state index contributed by atoms with van der Waals surface area (Å²) in [5, 5.41) is 6.45. The number of hydrogen-bond acceptors (Lipinski definition) is 1. The van der Waals surface area contributed by atoms with E-state index in [0.29, 0.717) is 11.5 Å². The fourth-order valence-corrected chi connectivity index (χ4v) is 6.70. The van der Waals surface area contributed by atoms with Crippen molar-refractivity contribution in [3.8, 4) is 22.8 Å². The highest BCUT2D eigenvalue weighted by atomic mass is 19.4. The number of rotatable bonds is 4. The van der Waals surface area contributed by atoms with Gasteiger partial charge in [0.05, 0.1) is 16.4 Å². The predicted molar refractivity (Wildman–Crippen MR) is 171 cm³/mol. The molecule has 1 aliphatic heterocycles. The Hall–Kier alpha value is -3.60. The standard InChI is InChI=1S/C38H41F3NO/c1-21(2)24-11-13-27-29(17-24)22(3)32-34-33-28(14-15-42(34)9)26-12-10-23(19-37(7,8)38(39,40)41)16-25(26)18-31(33)43-35(32)30(27)20-36(4,5)6/h10-18,21H,19-20H2,1-9H3/q+1. The average Bonchev–Trinajstić information content (AvgIpc) is 2.90.